The fourth-order valence-corrected chi connectivity index (χ4v) is 8.81. The Bertz CT molecular complexity index is 2680. The van der Waals surface area contributed by atoms with E-state index in [1.165, 1.54) is 77.2 Å². The van der Waals surface area contributed by atoms with Crippen LogP contribution in [0.15, 0.2) is 176 Å². The van der Waals surface area contributed by atoms with E-state index in [4.69, 9.17) is 0 Å². The lowest BCUT2D eigenvalue weighted by molar-refractivity contribution is 0.986. The van der Waals surface area contributed by atoms with Crippen molar-refractivity contribution in [2.75, 3.05) is 4.90 Å². The Morgan fingerprint density at radius 2 is 1.09 bits per heavy atom. The van der Waals surface area contributed by atoms with Crippen LogP contribution in [0.25, 0.3) is 50.4 Å². The van der Waals surface area contributed by atoms with E-state index in [1.807, 2.05) is 0 Å². The van der Waals surface area contributed by atoms with Gasteiger partial charge in [-0.1, -0.05) is 146 Å². The van der Waals surface area contributed by atoms with Gasteiger partial charge in [0, 0.05) is 17.1 Å². The topological polar surface area (TPSA) is 3.24 Å². The van der Waals surface area contributed by atoms with Crippen molar-refractivity contribution in [2.24, 2.45) is 0 Å². The Labute approximate surface area is 318 Å². The van der Waals surface area contributed by atoms with Crippen LogP contribution in [0.3, 0.4) is 0 Å². The van der Waals surface area contributed by atoms with Gasteiger partial charge in [0.05, 0.1) is 0 Å². The van der Waals surface area contributed by atoms with Gasteiger partial charge >= 0.3 is 0 Å². The Morgan fingerprint density at radius 1 is 0.426 bits per heavy atom. The fraction of sp³-hybridized carbons (Fsp3) is 0.0943. The SMILES string of the molecule is C1=Cc2cc(-c3c4ccc(N(c5ccccc5)c5ccccc5)cc4c(C4=Cc5ccccc5CC4)c4ccc(Cc5ccccc5)cc34)ccc2CC1. The van der Waals surface area contributed by atoms with Gasteiger partial charge in [0.2, 0.25) is 0 Å². The van der Waals surface area contributed by atoms with E-state index >= 15 is 0 Å². The van der Waals surface area contributed by atoms with Gasteiger partial charge in [-0.05, 0) is 152 Å². The average Bonchev–Trinajstić information content (AvgIpc) is 3.24. The summed E-state index contributed by atoms with van der Waals surface area (Å²) in [5.41, 5.74) is 17.0. The Hall–Kier alpha value is -6.44. The van der Waals surface area contributed by atoms with Gasteiger partial charge in [0.15, 0.2) is 0 Å². The van der Waals surface area contributed by atoms with Crippen molar-refractivity contribution >= 4 is 56.3 Å². The van der Waals surface area contributed by atoms with Crippen molar-refractivity contribution in [1.29, 1.82) is 0 Å². The minimum absolute atomic E-state index is 0.897. The highest BCUT2D eigenvalue weighted by Crippen LogP contribution is 2.47. The molecule has 0 saturated heterocycles. The van der Waals surface area contributed by atoms with E-state index in [0.29, 0.717) is 0 Å². The number of benzene rings is 8. The highest BCUT2D eigenvalue weighted by Gasteiger charge is 2.23. The molecular formula is C53H41N. The van der Waals surface area contributed by atoms with Crippen LogP contribution >= 0.6 is 0 Å². The van der Waals surface area contributed by atoms with Crippen LogP contribution in [0.5, 0.6) is 0 Å². The normalized spacial score (nSPS) is 13.4. The molecule has 0 aromatic heterocycles. The van der Waals surface area contributed by atoms with Gasteiger partial charge < -0.3 is 4.90 Å². The highest BCUT2D eigenvalue weighted by molar-refractivity contribution is 6.20. The van der Waals surface area contributed by atoms with Crippen molar-refractivity contribution in [1.82, 2.24) is 0 Å². The summed E-state index contributed by atoms with van der Waals surface area (Å²) in [5, 5.41) is 5.22. The maximum atomic E-state index is 2.49. The van der Waals surface area contributed by atoms with E-state index in [0.717, 1.165) is 49.2 Å². The monoisotopic (exact) mass is 691 g/mol. The first-order valence-electron chi connectivity index (χ1n) is 19.3. The fourth-order valence-electron chi connectivity index (χ4n) is 8.81. The Kier molecular flexibility index (Phi) is 8.26. The van der Waals surface area contributed by atoms with Crippen LogP contribution in [0.1, 0.15) is 51.8 Å². The van der Waals surface area contributed by atoms with E-state index in [1.54, 1.807) is 0 Å². The molecule has 0 bridgehead atoms. The summed E-state index contributed by atoms with van der Waals surface area (Å²) in [4.78, 5) is 2.39. The van der Waals surface area contributed by atoms with E-state index in [2.05, 4.69) is 193 Å². The molecule has 2 aliphatic rings. The third-order valence-electron chi connectivity index (χ3n) is 11.4. The number of fused-ring (bicyclic) bond motifs is 4. The number of hydrogen-bond acceptors (Lipinski definition) is 1. The van der Waals surface area contributed by atoms with Gasteiger partial charge in [-0.25, -0.2) is 0 Å². The first-order chi connectivity index (χ1) is 26.8. The number of nitrogens with zero attached hydrogens (tertiary/aromatic N) is 1. The predicted molar refractivity (Wildman–Crippen MR) is 231 cm³/mol. The van der Waals surface area contributed by atoms with Gasteiger partial charge in [-0.2, -0.15) is 0 Å². The molecule has 2 aliphatic carbocycles. The van der Waals surface area contributed by atoms with E-state index in [-0.39, 0.29) is 0 Å². The maximum Gasteiger partial charge on any atom is 0.0468 e. The predicted octanol–water partition coefficient (Wildman–Crippen LogP) is 14.2. The summed E-state index contributed by atoms with van der Waals surface area (Å²) in [6, 6.07) is 63.0. The summed E-state index contributed by atoms with van der Waals surface area (Å²) in [6.45, 7) is 0. The maximum absolute atomic E-state index is 2.49. The lowest BCUT2D eigenvalue weighted by atomic mass is 9.80. The van der Waals surface area contributed by atoms with Crippen LogP contribution in [0.4, 0.5) is 17.1 Å². The zero-order valence-electron chi connectivity index (χ0n) is 30.4. The summed E-state index contributed by atoms with van der Waals surface area (Å²) in [5.74, 6) is 0. The number of anilines is 3. The molecule has 0 atom stereocenters. The second kappa shape index (κ2) is 13.8. The lowest BCUT2D eigenvalue weighted by Gasteiger charge is -2.27. The number of allylic oxidation sites excluding steroid dienone is 2. The van der Waals surface area contributed by atoms with Crippen molar-refractivity contribution in [2.45, 2.75) is 32.1 Å². The number of aryl methyl sites for hydroxylation is 2. The Balaban J connectivity index is 1.29. The third-order valence-corrected chi connectivity index (χ3v) is 11.4. The third kappa shape index (κ3) is 5.93. The van der Waals surface area contributed by atoms with Gasteiger partial charge in [-0.15, -0.1) is 0 Å². The summed E-state index contributed by atoms with van der Waals surface area (Å²) in [6.07, 6.45) is 12.3. The van der Waals surface area contributed by atoms with Gasteiger partial charge in [-0.3, -0.25) is 0 Å². The molecule has 54 heavy (non-hydrogen) atoms. The highest BCUT2D eigenvalue weighted by atomic mass is 15.1. The summed E-state index contributed by atoms with van der Waals surface area (Å²) < 4.78 is 0. The molecule has 0 N–H and O–H groups in total. The molecule has 0 amide bonds. The molecular weight excluding hydrogens is 651 g/mol. The van der Waals surface area contributed by atoms with Crippen molar-refractivity contribution in [3.8, 4) is 11.1 Å². The molecule has 0 unspecified atom stereocenters. The summed E-state index contributed by atoms with van der Waals surface area (Å²) in [7, 11) is 0. The Morgan fingerprint density at radius 3 is 1.89 bits per heavy atom. The van der Waals surface area contributed by atoms with E-state index < -0.39 is 0 Å². The molecule has 1 nitrogen and oxygen atoms in total. The summed E-state index contributed by atoms with van der Waals surface area (Å²) >= 11 is 0. The molecule has 8 aromatic carbocycles. The van der Waals surface area contributed by atoms with E-state index in [9.17, 15) is 0 Å². The van der Waals surface area contributed by atoms with Crippen LogP contribution in [0, 0.1) is 0 Å². The average molecular weight is 692 g/mol. The first kappa shape index (κ1) is 32.2. The van der Waals surface area contributed by atoms with Gasteiger partial charge in [0.1, 0.15) is 0 Å². The van der Waals surface area contributed by atoms with Crippen molar-refractivity contribution in [3.63, 3.8) is 0 Å². The lowest BCUT2D eigenvalue weighted by Crippen LogP contribution is -2.10. The number of para-hydroxylation sites is 2. The van der Waals surface area contributed by atoms with Crippen LogP contribution in [-0.2, 0) is 19.3 Å². The smallest absolute Gasteiger partial charge is 0.0468 e. The molecule has 0 saturated carbocycles. The molecule has 10 rings (SSSR count). The largest absolute Gasteiger partial charge is 0.310 e. The molecule has 0 radical (unpaired) electrons. The minimum atomic E-state index is 0.897. The van der Waals surface area contributed by atoms with Crippen molar-refractivity contribution < 1.29 is 0 Å². The minimum Gasteiger partial charge on any atom is -0.310 e. The quantitative estimate of drug-likeness (QED) is 0.150. The molecule has 0 heterocycles. The van der Waals surface area contributed by atoms with Crippen LogP contribution in [0.2, 0.25) is 0 Å². The van der Waals surface area contributed by atoms with Crippen LogP contribution in [-0.4, -0.2) is 0 Å². The molecule has 258 valence electrons. The molecule has 0 aliphatic heterocycles. The van der Waals surface area contributed by atoms with Crippen LogP contribution < -0.4 is 4.90 Å². The number of rotatable bonds is 7. The zero-order valence-corrected chi connectivity index (χ0v) is 30.4. The van der Waals surface area contributed by atoms with Gasteiger partial charge in [0.25, 0.3) is 0 Å². The zero-order chi connectivity index (χ0) is 35.8. The first-order valence-corrected chi connectivity index (χ1v) is 19.3. The molecule has 8 aromatic rings. The second-order valence-corrected chi connectivity index (χ2v) is 14.8. The molecule has 1 heteroatoms. The second-order valence-electron chi connectivity index (χ2n) is 14.8. The standard InChI is InChI=1S/C53H41N/c1-4-14-37(15-5-1)32-38-24-30-48-50(33-38)52(43-27-25-39-16-10-12-18-41(39)34-43)49-31-29-47(54(45-20-6-2-7-21-45)46-22-8-3-9-23-46)36-51(49)53(48)44-28-26-40-17-11-13-19-42(40)35-44/h1-9,11-15,17-25,27,29-31,33-36H,10,16,26,28,32H2. The molecule has 0 spiro atoms. The number of hydrogen-bond donors (Lipinski definition) is 0. The van der Waals surface area contributed by atoms with Crippen molar-refractivity contribution in [3.05, 3.63) is 215 Å². The molecule has 0 fully saturated rings.